The SMILES string of the molecule is CN(C)CCC(=O)NC[C@H]1CCN(C)[C@@H]1c1ccc(Cl)c(F)c1. The first-order valence-corrected chi connectivity index (χ1v) is 8.33. The average Bonchev–Trinajstić information content (AvgIpc) is 2.87. The molecule has 0 spiro atoms. The maximum absolute atomic E-state index is 13.8. The molecule has 128 valence electrons. The van der Waals surface area contributed by atoms with Crippen molar-refractivity contribution in [2.75, 3.05) is 40.8 Å². The van der Waals surface area contributed by atoms with Crippen LogP contribution in [0, 0.1) is 11.7 Å². The van der Waals surface area contributed by atoms with Crippen LogP contribution < -0.4 is 5.32 Å². The zero-order valence-corrected chi connectivity index (χ0v) is 14.7. The first-order valence-electron chi connectivity index (χ1n) is 7.95. The number of halogens is 2. The van der Waals surface area contributed by atoms with Crippen LogP contribution in [0.2, 0.25) is 5.02 Å². The second kappa shape index (κ2) is 8.08. The zero-order valence-electron chi connectivity index (χ0n) is 14.0. The van der Waals surface area contributed by atoms with Crippen molar-refractivity contribution >= 4 is 17.5 Å². The molecule has 1 aliphatic heterocycles. The van der Waals surface area contributed by atoms with Gasteiger partial charge in [0.15, 0.2) is 0 Å². The molecule has 0 unspecified atom stereocenters. The topological polar surface area (TPSA) is 35.6 Å². The summed E-state index contributed by atoms with van der Waals surface area (Å²) < 4.78 is 13.8. The van der Waals surface area contributed by atoms with Crippen molar-refractivity contribution in [3.8, 4) is 0 Å². The average molecular weight is 342 g/mol. The molecule has 0 radical (unpaired) electrons. The molecule has 1 N–H and O–H groups in total. The Hall–Kier alpha value is -1.17. The Balaban J connectivity index is 1.98. The van der Waals surface area contributed by atoms with Crippen molar-refractivity contribution in [1.82, 2.24) is 15.1 Å². The van der Waals surface area contributed by atoms with Crippen LogP contribution in [-0.4, -0.2) is 56.5 Å². The van der Waals surface area contributed by atoms with Gasteiger partial charge >= 0.3 is 0 Å². The van der Waals surface area contributed by atoms with E-state index < -0.39 is 5.82 Å². The summed E-state index contributed by atoms with van der Waals surface area (Å²) in [5, 5.41) is 3.16. The van der Waals surface area contributed by atoms with Crippen LogP contribution in [0.3, 0.4) is 0 Å². The maximum atomic E-state index is 13.8. The third-order valence-corrected chi connectivity index (χ3v) is 4.71. The predicted molar refractivity (Wildman–Crippen MR) is 91.1 cm³/mol. The van der Waals surface area contributed by atoms with Crippen molar-refractivity contribution in [1.29, 1.82) is 0 Å². The number of rotatable bonds is 6. The molecule has 0 saturated carbocycles. The highest BCUT2D eigenvalue weighted by atomic mass is 35.5. The van der Waals surface area contributed by atoms with Crippen LogP contribution >= 0.6 is 11.6 Å². The lowest BCUT2D eigenvalue weighted by Crippen LogP contribution is -2.33. The number of likely N-dealkylation sites (tertiary alicyclic amines) is 1. The summed E-state index contributed by atoms with van der Waals surface area (Å²) in [7, 11) is 5.93. The van der Waals surface area contributed by atoms with Gasteiger partial charge in [-0.3, -0.25) is 9.69 Å². The minimum Gasteiger partial charge on any atom is -0.356 e. The van der Waals surface area contributed by atoms with E-state index in [-0.39, 0.29) is 22.9 Å². The van der Waals surface area contributed by atoms with Crippen molar-refractivity contribution < 1.29 is 9.18 Å². The van der Waals surface area contributed by atoms with Gasteiger partial charge < -0.3 is 10.2 Å². The van der Waals surface area contributed by atoms with E-state index >= 15 is 0 Å². The molecular weight excluding hydrogens is 317 g/mol. The maximum Gasteiger partial charge on any atom is 0.221 e. The Labute approximate surface area is 142 Å². The van der Waals surface area contributed by atoms with Crippen LogP contribution in [0.5, 0.6) is 0 Å². The van der Waals surface area contributed by atoms with Crippen LogP contribution in [0.4, 0.5) is 4.39 Å². The molecule has 1 fully saturated rings. The molecule has 6 heteroatoms. The minimum absolute atomic E-state index is 0.0642. The summed E-state index contributed by atoms with van der Waals surface area (Å²) in [5.74, 6) is -0.0450. The van der Waals surface area contributed by atoms with Crippen molar-refractivity contribution in [3.63, 3.8) is 0 Å². The van der Waals surface area contributed by atoms with Gasteiger partial charge in [0, 0.05) is 25.6 Å². The number of carbonyl (C=O) groups excluding carboxylic acids is 1. The highest BCUT2D eigenvalue weighted by Gasteiger charge is 2.33. The van der Waals surface area contributed by atoms with Crippen molar-refractivity contribution in [2.24, 2.45) is 5.92 Å². The second-order valence-electron chi connectivity index (χ2n) is 6.51. The molecule has 1 heterocycles. The number of hydrogen-bond acceptors (Lipinski definition) is 3. The Bertz CT molecular complexity index is 553. The standard InChI is InChI=1S/C17H25ClFN3O/c1-21(2)8-7-16(23)20-11-13-6-9-22(3)17(13)12-4-5-14(18)15(19)10-12/h4-5,10,13,17H,6-9,11H2,1-3H3,(H,20,23)/t13-,17-/m1/s1. The number of hydrogen-bond donors (Lipinski definition) is 1. The fraction of sp³-hybridized carbons (Fsp3) is 0.588. The van der Waals surface area contributed by atoms with Gasteiger partial charge in [-0.1, -0.05) is 17.7 Å². The molecule has 1 aromatic carbocycles. The van der Waals surface area contributed by atoms with Crippen molar-refractivity contribution in [3.05, 3.63) is 34.6 Å². The molecule has 0 bridgehead atoms. The van der Waals surface area contributed by atoms with Gasteiger partial charge in [0.05, 0.1) is 5.02 Å². The normalized spacial score (nSPS) is 21.8. The van der Waals surface area contributed by atoms with E-state index in [1.54, 1.807) is 6.07 Å². The van der Waals surface area contributed by atoms with Crippen molar-refractivity contribution in [2.45, 2.75) is 18.9 Å². The van der Waals surface area contributed by atoms with Crippen LogP contribution in [-0.2, 0) is 4.79 Å². The first-order chi connectivity index (χ1) is 10.9. The van der Waals surface area contributed by atoms with E-state index in [0.717, 1.165) is 25.1 Å². The number of amides is 1. The Kier molecular flexibility index (Phi) is 6.39. The monoisotopic (exact) mass is 341 g/mol. The second-order valence-corrected chi connectivity index (χ2v) is 6.91. The lowest BCUT2D eigenvalue weighted by molar-refractivity contribution is -0.121. The Morgan fingerprint density at radius 3 is 2.87 bits per heavy atom. The van der Waals surface area contributed by atoms with E-state index in [2.05, 4.69) is 10.2 Å². The molecule has 0 aliphatic carbocycles. The summed E-state index contributed by atoms with van der Waals surface area (Å²) in [5.41, 5.74) is 0.916. The number of nitrogens with zero attached hydrogens (tertiary/aromatic N) is 2. The van der Waals surface area contributed by atoms with Gasteiger partial charge in [-0.25, -0.2) is 4.39 Å². The summed E-state index contributed by atoms with van der Waals surface area (Å²) in [6.07, 6.45) is 1.48. The summed E-state index contributed by atoms with van der Waals surface area (Å²) in [6.45, 7) is 2.29. The van der Waals surface area contributed by atoms with Crippen LogP contribution in [0.1, 0.15) is 24.4 Å². The third-order valence-electron chi connectivity index (χ3n) is 4.41. The van der Waals surface area contributed by atoms with Gasteiger partial charge in [0.2, 0.25) is 5.91 Å². The van der Waals surface area contributed by atoms with Crippen LogP contribution in [0.15, 0.2) is 18.2 Å². The highest BCUT2D eigenvalue weighted by molar-refractivity contribution is 6.30. The van der Waals surface area contributed by atoms with Gasteiger partial charge in [-0.05, 0) is 57.7 Å². The number of carbonyl (C=O) groups is 1. The lowest BCUT2D eigenvalue weighted by atomic mass is 9.93. The molecule has 1 amide bonds. The molecular formula is C17H25ClFN3O. The minimum atomic E-state index is -0.391. The molecule has 23 heavy (non-hydrogen) atoms. The van der Waals surface area contributed by atoms with Gasteiger partial charge in [0.25, 0.3) is 0 Å². The molecule has 4 nitrogen and oxygen atoms in total. The van der Waals surface area contributed by atoms with E-state index in [4.69, 9.17) is 11.6 Å². The van der Waals surface area contributed by atoms with Gasteiger partial charge in [0.1, 0.15) is 5.82 Å². The molecule has 2 rings (SSSR count). The zero-order chi connectivity index (χ0) is 17.0. The Morgan fingerprint density at radius 1 is 1.48 bits per heavy atom. The molecule has 1 aliphatic rings. The van der Waals surface area contributed by atoms with Crippen LogP contribution in [0.25, 0.3) is 0 Å². The fourth-order valence-electron chi connectivity index (χ4n) is 3.12. The van der Waals surface area contributed by atoms with E-state index in [1.165, 1.54) is 6.07 Å². The summed E-state index contributed by atoms with van der Waals surface area (Å²) in [4.78, 5) is 16.1. The first kappa shape index (κ1) is 18.2. The molecule has 2 atom stereocenters. The number of nitrogens with one attached hydrogen (secondary N) is 1. The highest BCUT2D eigenvalue weighted by Crippen LogP contribution is 2.36. The quantitative estimate of drug-likeness (QED) is 0.863. The van der Waals surface area contributed by atoms with E-state index in [0.29, 0.717) is 13.0 Å². The Morgan fingerprint density at radius 2 is 2.22 bits per heavy atom. The summed E-state index contributed by atoms with van der Waals surface area (Å²) in [6, 6.07) is 5.09. The predicted octanol–water partition coefficient (Wildman–Crippen LogP) is 2.54. The largest absolute Gasteiger partial charge is 0.356 e. The molecule has 1 aromatic rings. The van der Waals surface area contributed by atoms with Gasteiger partial charge in [-0.2, -0.15) is 0 Å². The number of benzene rings is 1. The van der Waals surface area contributed by atoms with E-state index in [1.807, 2.05) is 32.1 Å². The molecule has 1 saturated heterocycles. The lowest BCUT2D eigenvalue weighted by Gasteiger charge is -2.26. The summed E-state index contributed by atoms with van der Waals surface area (Å²) >= 11 is 5.77. The van der Waals surface area contributed by atoms with E-state index in [9.17, 15) is 9.18 Å². The molecule has 0 aromatic heterocycles. The smallest absolute Gasteiger partial charge is 0.221 e. The fourth-order valence-corrected chi connectivity index (χ4v) is 3.24. The van der Waals surface area contributed by atoms with Gasteiger partial charge in [-0.15, -0.1) is 0 Å². The third kappa shape index (κ3) is 4.90.